The second-order valence-electron chi connectivity index (χ2n) is 5.15. The van der Waals surface area contributed by atoms with Crippen molar-refractivity contribution in [3.63, 3.8) is 0 Å². The van der Waals surface area contributed by atoms with E-state index in [9.17, 15) is 5.11 Å². The van der Waals surface area contributed by atoms with Crippen LogP contribution in [0.4, 0.5) is 0 Å². The molecule has 3 nitrogen and oxygen atoms in total. The molecule has 0 saturated carbocycles. The molecule has 0 aliphatic carbocycles. The fraction of sp³-hybridized carbons (Fsp3) is 0.294. The molecule has 4 heteroatoms. The van der Waals surface area contributed by atoms with Gasteiger partial charge in [-0.05, 0) is 30.7 Å². The lowest BCUT2D eigenvalue weighted by atomic mass is 10.1. The van der Waals surface area contributed by atoms with Crippen LogP contribution in [0, 0.1) is 0 Å². The van der Waals surface area contributed by atoms with Gasteiger partial charge in [-0.25, -0.2) is 0 Å². The summed E-state index contributed by atoms with van der Waals surface area (Å²) < 4.78 is 11.5. The van der Waals surface area contributed by atoms with E-state index in [1.165, 1.54) is 0 Å². The number of para-hydroxylation sites is 1. The SMILES string of the molecule is C[C@@H](O)c1ccccc1OCc1cc(Cl)cc2c1OCC2. The van der Waals surface area contributed by atoms with E-state index >= 15 is 0 Å². The van der Waals surface area contributed by atoms with Gasteiger partial charge >= 0.3 is 0 Å². The summed E-state index contributed by atoms with van der Waals surface area (Å²) in [7, 11) is 0. The first-order valence-corrected chi connectivity index (χ1v) is 7.37. The summed E-state index contributed by atoms with van der Waals surface area (Å²) in [5.74, 6) is 1.56. The molecule has 1 heterocycles. The Kier molecular flexibility index (Phi) is 4.04. The van der Waals surface area contributed by atoms with Crippen molar-refractivity contribution in [2.75, 3.05) is 6.61 Å². The molecule has 110 valence electrons. The highest BCUT2D eigenvalue weighted by Gasteiger charge is 2.18. The van der Waals surface area contributed by atoms with Gasteiger partial charge in [0.15, 0.2) is 0 Å². The first kappa shape index (κ1) is 14.2. The number of benzene rings is 2. The third kappa shape index (κ3) is 2.99. The summed E-state index contributed by atoms with van der Waals surface area (Å²) in [5, 5.41) is 10.5. The average molecular weight is 305 g/mol. The zero-order valence-corrected chi connectivity index (χ0v) is 12.6. The predicted octanol–water partition coefficient (Wildman–Crippen LogP) is 3.91. The Morgan fingerprint density at radius 1 is 1.33 bits per heavy atom. The molecule has 0 radical (unpaired) electrons. The van der Waals surface area contributed by atoms with Crippen LogP contribution in [-0.2, 0) is 13.0 Å². The summed E-state index contributed by atoms with van der Waals surface area (Å²) in [5.41, 5.74) is 2.84. The number of ether oxygens (including phenoxy) is 2. The van der Waals surface area contributed by atoms with Crippen molar-refractivity contribution < 1.29 is 14.6 Å². The largest absolute Gasteiger partial charge is 0.493 e. The smallest absolute Gasteiger partial charge is 0.129 e. The van der Waals surface area contributed by atoms with Gasteiger partial charge in [0.25, 0.3) is 0 Å². The van der Waals surface area contributed by atoms with Gasteiger partial charge in [-0.2, -0.15) is 0 Å². The third-order valence-corrected chi connectivity index (χ3v) is 3.80. The molecule has 1 aliphatic rings. The van der Waals surface area contributed by atoms with E-state index in [2.05, 4.69) is 0 Å². The average Bonchev–Trinajstić information content (AvgIpc) is 2.93. The minimum Gasteiger partial charge on any atom is -0.493 e. The van der Waals surface area contributed by atoms with Crippen LogP contribution in [0.25, 0.3) is 0 Å². The van der Waals surface area contributed by atoms with Crippen LogP contribution in [0.2, 0.25) is 5.02 Å². The third-order valence-electron chi connectivity index (χ3n) is 3.58. The van der Waals surface area contributed by atoms with Crippen LogP contribution in [0.5, 0.6) is 11.5 Å². The van der Waals surface area contributed by atoms with Crippen LogP contribution in [0.3, 0.4) is 0 Å². The van der Waals surface area contributed by atoms with Crippen LogP contribution < -0.4 is 9.47 Å². The Bertz CT molecular complexity index is 652. The lowest BCUT2D eigenvalue weighted by molar-refractivity contribution is 0.190. The van der Waals surface area contributed by atoms with Gasteiger partial charge in [0.2, 0.25) is 0 Å². The molecule has 1 N–H and O–H groups in total. The van der Waals surface area contributed by atoms with E-state index in [0.717, 1.165) is 28.9 Å². The fourth-order valence-electron chi connectivity index (χ4n) is 2.57. The summed E-state index contributed by atoms with van der Waals surface area (Å²) >= 11 is 6.14. The predicted molar refractivity (Wildman–Crippen MR) is 82.1 cm³/mol. The second kappa shape index (κ2) is 5.96. The van der Waals surface area contributed by atoms with Crippen molar-refractivity contribution in [1.29, 1.82) is 0 Å². The van der Waals surface area contributed by atoms with E-state index in [1.807, 2.05) is 36.4 Å². The fourth-order valence-corrected chi connectivity index (χ4v) is 2.83. The molecule has 2 aromatic carbocycles. The molecule has 0 bridgehead atoms. The Hall–Kier alpha value is -1.71. The summed E-state index contributed by atoms with van der Waals surface area (Å²) in [6.45, 7) is 2.78. The Morgan fingerprint density at radius 3 is 2.95 bits per heavy atom. The topological polar surface area (TPSA) is 38.7 Å². The van der Waals surface area contributed by atoms with Crippen LogP contribution in [0.1, 0.15) is 29.7 Å². The van der Waals surface area contributed by atoms with Crippen molar-refractivity contribution in [3.8, 4) is 11.5 Å². The molecular formula is C17H17ClO3. The summed E-state index contributed by atoms with van der Waals surface area (Å²) in [6.07, 6.45) is 0.315. The maximum atomic E-state index is 9.77. The monoisotopic (exact) mass is 304 g/mol. The van der Waals surface area contributed by atoms with E-state index in [-0.39, 0.29) is 0 Å². The molecule has 0 aromatic heterocycles. The molecule has 1 atom stereocenters. The molecule has 0 saturated heterocycles. The minimum absolute atomic E-state index is 0.368. The van der Waals surface area contributed by atoms with Gasteiger partial charge < -0.3 is 14.6 Å². The van der Waals surface area contributed by atoms with Crippen LogP contribution >= 0.6 is 11.6 Å². The van der Waals surface area contributed by atoms with Gasteiger partial charge in [-0.3, -0.25) is 0 Å². The van der Waals surface area contributed by atoms with Gasteiger partial charge in [0.05, 0.1) is 12.7 Å². The van der Waals surface area contributed by atoms with Crippen molar-refractivity contribution in [1.82, 2.24) is 0 Å². The number of rotatable bonds is 4. The summed E-state index contributed by atoms with van der Waals surface area (Å²) in [6, 6.07) is 11.3. The zero-order valence-electron chi connectivity index (χ0n) is 11.8. The second-order valence-corrected chi connectivity index (χ2v) is 5.59. The maximum absolute atomic E-state index is 9.77. The van der Waals surface area contributed by atoms with Gasteiger partial charge in [0.1, 0.15) is 18.1 Å². The zero-order chi connectivity index (χ0) is 14.8. The Balaban J connectivity index is 1.83. The van der Waals surface area contributed by atoms with Gasteiger partial charge in [0, 0.05) is 22.6 Å². The molecule has 3 rings (SSSR count). The van der Waals surface area contributed by atoms with Crippen molar-refractivity contribution in [2.45, 2.75) is 26.1 Å². The lowest BCUT2D eigenvalue weighted by Gasteiger charge is -2.15. The normalized spacial score (nSPS) is 14.4. The molecule has 0 unspecified atom stereocenters. The number of fused-ring (bicyclic) bond motifs is 1. The molecular weight excluding hydrogens is 288 g/mol. The first-order valence-electron chi connectivity index (χ1n) is 6.99. The highest BCUT2D eigenvalue weighted by molar-refractivity contribution is 6.30. The Morgan fingerprint density at radius 2 is 2.14 bits per heavy atom. The quantitative estimate of drug-likeness (QED) is 0.931. The number of hydrogen-bond donors (Lipinski definition) is 1. The highest BCUT2D eigenvalue weighted by atomic mass is 35.5. The standard InChI is InChI=1S/C17H17ClO3/c1-11(19)15-4-2-3-5-16(15)21-10-13-9-14(18)8-12-6-7-20-17(12)13/h2-5,8-9,11,19H,6-7,10H2,1H3/t11-/m1/s1. The van der Waals surface area contributed by atoms with Crippen LogP contribution in [-0.4, -0.2) is 11.7 Å². The van der Waals surface area contributed by atoms with Gasteiger partial charge in [-0.15, -0.1) is 0 Å². The molecule has 0 fully saturated rings. The summed E-state index contributed by atoms with van der Waals surface area (Å²) in [4.78, 5) is 0. The highest BCUT2D eigenvalue weighted by Crippen LogP contribution is 2.34. The molecule has 21 heavy (non-hydrogen) atoms. The Labute approximate surface area is 129 Å². The van der Waals surface area contributed by atoms with Crippen molar-refractivity contribution in [2.24, 2.45) is 0 Å². The minimum atomic E-state index is -0.567. The van der Waals surface area contributed by atoms with E-state index in [4.69, 9.17) is 21.1 Å². The van der Waals surface area contributed by atoms with E-state index < -0.39 is 6.10 Å². The maximum Gasteiger partial charge on any atom is 0.129 e. The van der Waals surface area contributed by atoms with E-state index in [1.54, 1.807) is 6.92 Å². The first-order chi connectivity index (χ1) is 10.1. The van der Waals surface area contributed by atoms with Crippen molar-refractivity contribution >= 4 is 11.6 Å². The number of halogens is 1. The van der Waals surface area contributed by atoms with E-state index in [0.29, 0.717) is 24.0 Å². The number of hydrogen-bond acceptors (Lipinski definition) is 3. The van der Waals surface area contributed by atoms with Crippen molar-refractivity contribution in [3.05, 3.63) is 58.1 Å². The molecule has 0 spiro atoms. The molecule has 1 aliphatic heterocycles. The van der Waals surface area contributed by atoms with Crippen LogP contribution in [0.15, 0.2) is 36.4 Å². The number of aliphatic hydroxyl groups is 1. The van der Waals surface area contributed by atoms with Gasteiger partial charge in [-0.1, -0.05) is 29.8 Å². The molecule has 2 aromatic rings. The number of aliphatic hydroxyl groups excluding tert-OH is 1. The lowest BCUT2D eigenvalue weighted by Crippen LogP contribution is -2.02. The molecule has 0 amide bonds.